The third-order valence-electron chi connectivity index (χ3n) is 3.36. The quantitative estimate of drug-likeness (QED) is 0.786. The van der Waals surface area contributed by atoms with Gasteiger partial charge in [0.2, 0.25) is 5.91 Å². The fraction of sp³-hybridized carbons (Fsp3) is 0.176. The summed E-state index contributed by atoms with van der Waals surface area (Å²) in [6, 6.07) is 9.08. The van der Waals surface area contributed by atoms with Crippen LogP contribution < -0.4 is 5.32 Å². The molecular formula is C17H14BrF2NO3. The molecule has 0 bridgehead atoms. The Hall–Kier alpha value is -2.28. The van der Waals surface area contributed by atoms with Crippen molar-refractivity contribution in [1.82, 2.24) is 5.32 Å². The minimum atomic E-state index is -1.22. The van der Waals surface area contributed by atoms with Crippen LogP contribution in [-0.4, -0.2) is 23.0 Å². The minimum Gasteiger partial charge on any atom is -0.480 e. The van der Waals surface area contributed by atoms with Gasteiger partial charge in [0.25, 0.3) is 0 Å². The summed E-state index contributed by atoms with van der Waals surface area (Å²) in [7, 11) is 0. The monoisotopic (exact) mass is 397 g/mol. The van der Waals surface area contributed by atoms with Crippen molar-refractivity contribution in [3.8, 4) is 0 Å². The molecule has 0 fully saturated rings. The van der Waals surface area contributed by atoms with Crippen LogP contribution in [-0.2, 0) is 22.4 Å². The number of rotatable bonds is 6. The van der Waals surface area contributed by atoms with E-state index < -0.39 is 36.0 Å². The van der Waals surface area contributed by atoms with Gasteiger partial charge in [-0.3, -0.25) is 4.79 Å². The zero-order chi connectivity index (χ0) is 17.7. The average molecular weight is 398 g/mol. The standard InChI is InChI=1S/C17H14BrF2NO3/c18-11-4-1-3-10(7-11)8-15(17(23)24)21-16(22)9-12-13(19)5-2-6-14(12)20/h1-7,15H,8-9H2,(H,21,22)(H,23,24)/t15-/m0/s1. The molecule has 2 rings (SSSR count). The zero-order valence-electron chi connectivity index (χ0n) is 12.4. The van der Waals surface area contributed by atoms with Crippen LogP contribution in [0.2, 0.25) is 0 Å². The van der Waals surface area contributed by atoms with Gasteiger partial charge in [-0.15, -0.1) is 0 Å². The predicted molar refractivity (Wildman–Crippen MR) is 87.5 cm³/mol. The molecule has 24 heavy (non-hydrogen) atoms. The van der Waals surface area contributed by atoms with Crippen molar-refractivity contribution in [3.05, 3.63) is 69.7 Å². The summed E-state index contributed by atoms with van der Waals surface area (Å²) in [6.07, 6.45) is -0.513. The fourth-order valence-corrected chi connectivity index (χ4v) is 2.65. The molecule has 7 heteroatoms. The van der Waals surface area contributed by atoms with Gasteiger partial charge in [0.05, 0.1) is 6.42 Å². The van der Waals surface area contributed by atoms with E-state index in [1.54, 1.807) is 24.3 Å². The topological polar surface area (TPSA) is 66.4 Å². The van der Waals surface area contributed by atoms with Crippen molar-refractivity contribution in [2.24, 2.45) is 0 Å². The van der Waals surface area contributed by atoms with Crippen LogP contribution in [0.25, 0.3) is 0 Å². The third-order valence-corrected chi connectivity index (χ3v) is 3.85. The van der Waals surface area contributed by atoms with Gasteiger partial charge < -0.3 is 10.4 Å². The zero-order valence-corrected chi connectivity index (χ0v) is 14.0. The van der Waals surface area contributed by atoms with Gasteiger partial charge in [0.1, 0.15) is 17.7 Å². The molecule has 0 unspecified atom stereocenters. The number of halogens is 3. The van der Waals surface area contributed by atoms with Crippen LogP contribution >= 0.6 is 15.9 Å². The second kappa shape index (κ2) is 8.01. The van der Waals surface area contributed by atoms with E-state index in [9.17, 15) is 23.5 Å². The number of aliphatic carboxylic acids is 1. The lowest BCUT2D eigenvalue weighted by molar-refractivity contribution is -0.141. The highest BCUT2D eigenvalue weighted by Gasteiger charge is 2.22. The number of hydrogen-bond acceptors (Lipinski definition) is 2. The molecule has 0 radical (unpaired) electrons. The van der Waals surface area contributed by atoms with E-state index in [-0.39, 0.29) is 12.0 Å². The number of benzene rings is 2. The maximum atomic E-state index is 13.6. The SMILES string of the molecule is O=C(Cc1c(F)cccc1F)N[C@@H](Cc1cccc(Br)c1)C(=O)O. The molecule has 0 aromatic heterocycles. The Morgan fingerprint density at radius 3 is 2.33 bits per heavy atom. The van der Waals surface area contributed by atoms with Gasteiger partial charge in [-0.25, -0.2) is 13.6 Å². The van der Waals surface area contributed by atoms with Crippen molar-refractivity contribution in [3.63, 3.8) is 0 Å². The predicted octanol–water partition coefficient (Wildman–Crippen LogP) is 3.08. The molecule has 0 heterocycles. The molecule has 0 saturated heterocycles. The number of carbonyl (C=O) groups excluding carboxylic acids is 1. The largest absolute Gasteiger partial charge is 0.480 e. The van der Waals surface area contributed by atoms with Gasteiger partial charge in [-0.2, -0.15) is 0 Å². The second-order valence-corrected chi connectivity index (χ2v) is 6.09. The summed E-state index contributed by atoms with van der Waals surface area (Å²) in [4.78, 5) is 23.3. The van der Waals surface area contributed by atoms with Gasteiger partial charge in [0.15, 0.2) is 0 Å². The molecule has 0 spiro atoms. The van der Waals surface area contributed by atoms with E-state index >= 15 is 0 Å². The van der Waals surface area contributed by atoms with Crippen molar-refractivity contribution in [2.45, 2.75) is 18.9 Å². The van der Waals surface area contributed by atoms with Crippen LogP contribution in [0.15, 0.2) is 46.9 Å². The number of carbonyl (C=O) groups is 2. The van der Waals surface area contributed by atoms with Crippen molar-refractivity contribution < 1.29 is 23.5 Å². The fourth-order valence-electron chi connectivity index (χ4n) is 2.21. The Kier molecular flexibility index (Phi) is 6.03. The summed E-state index contributed by atoms with van der Waals surface area (Å²) in [5, 5.41) is 11.6. The first-order chi connectivity index (χ1) is 11.4. The second-order valence-electron chi connectivity index (χ2n) is 5.17. The molecular weight excluding hydrogens is 384 g/mol. The molecule has 2 N–H and O–H groups in total. The summed E-state index contributed by atoms with van der Waals surface area (Å²) < 4.78 is 27.9. The van der Waals surface area contributed by atoms with Gasteiger partial charge in [0, 0.05) is 16.5 Å². The Labute approximate surface area is 145 Å². The van der Waals surface area contributed by atoms with Crippen molar-refractivity contribution in [1.29, 1.82) is 0 Å². The summed E-state index contributed by atoms with van der Waals surface area (Å²) in [6.45, 7) is 0. The highest BCUT2D eigenvalue weighted by Crippen LogP contribution is 2.15. The number of carboxylic acids is 1. The smallest absolute Gasteiger partial charge is 0.326 e. The van der Waals surface area contributed by atoms with Gasteiger partial charge in [-0.05, 0) is 29.8 Å². The lowest BCUT2D eigenvalue weighted by Gasteiger charge is -2.15. The third kappa shape index (κ3) is 4.86. The number of hydrogen-bond donors (Lipinski definition) is 2. The first-order valence-corrected chi connectivity index (χ1v) is 7.85. The number of amides is 1. The molecule has 2 aromatic rings. The number of nitrogens with one attached hydrogen (secondary N) is 1. The maximum Gasteiger partial charge on any atom is 0.326 e. The molecule has 1 atom stereocenters. The van der Waals surface area contributed by atoms with Crippen LogP contribution in [0.3, 0.4) is 0 Å². The molecule has 126 valence electrons. The Bertz CT molecular complexity index is 747. The molecule has 1 amide bonds. The molecule has 2 aromatic carbocycles. The summed E-state index contributed by atoms with van der Waals surface area (Å²) in [5.74, 6) is -3.67. The first kappa shape index (κ1) is 18.1. The van der Waals surface area contributed by atoms with Crippen LogP contribution in [0.4, 0.5) is 8.78 Å². The molecule has 4 nitrogen and oxygen atoms in total. The summed E-state index contributed by atoms with van der Waals surface area (Å²) >= 11 is 3.28. The highest BCUT2D eigenvalue weighted by atomic mass is 79.9. The normalized spacial score (nSPS) is 11.8. The van der Waals surface area contributed by atoms with Crippen LogP contribution in [0.1, 0.15) is 11.1 Å². The molecule has 0 aliphatic carbocycles. The van der Waals surface area contributed by atoms with Crippen molar-refractivity contribution >= 4 is 27.8 Å². The van der Waals surface area contributed by atoms with Gasteiger partial charge in [-0.1, -0.05) is 34.1 Å². The van der Waals surface area contributed by atoms with Crippen LogP contribution in [0, 0.1) is 11.6 Å². The van der Waals surface area contributed by atoms with Crippen LogP contribution in [0.5, 0.6) is 0 Å². The van der Waals surface area contributed by atoms with E-state index in [0.717, 1.165) is 16.6 Å². The van der Waals surface area contributed by atoms with Crippen molar-refractivity contribution in [2.75, 3.05) is 0 Å². The Morgan fingerprint density at radius 1 is 1.12 bits per heavy atom. The molecule has 0 aliphatic heterocycles. The summed E-state index contributed by atoms with van der Waals surface area (Å²) in [5.41, 5.74) is 0.316. The molecule has 0 aliphatic rings. The first-order valence-electron chi connectivity index (χ1n) is 7.06. The van der Waals surface area contributed by atoms with E-state index in [1.807, 2.05) is 0 Å². The maximum absolute atomic E-state index is 13.6. The Morgan fingerprint density at radius 2 is 1.75 bits per heavy atom. The van der Waals surface area contributed by atoms with E-state index in [4.69, 9.17) is 0 Å². The molecule has 0 saturated carbocycles. The highest BCUT2D eigenvalue weighted by molar-refractivity contribution is 9.10. The Balaban J connectivity index is 2.07. The van der Waals surface area contributed by atoms with E-state index in [2.05, 4.69) is 21.2 Å². The van der Waals surface area contributed by atoms with E-state index in [1.165, 1.54) is 6.07 Å². The average Bonchev–Trinajstić information content (AvgIpc) is 2.50. The number of carboxylic acid groups (broad SMARTS) is 1. The van der Waals surface area contributed by atoms with Gasteiger partial charge >= 0.3 is 5.97 Å². The minimum absolute atomic E-state index is 0.0558. The van der Waals surface area contributed by atoms with E-state index in [0.29, 0.717) is 5.56 Å². The lowest BCUT2D eigenvalue weighted by atomic mass is 10.1. The lowest BCUT2D eigenvalue weighted by Crippen LogP contribution is -2.43.